The summed E-state index contributed by atoms with van der Waals surface area (Å²) in [6, 6.07) is 5.65. The molecule has 2 bridgehead atoms. The number of piperidine rings is 1. The molecule has 10 nitrogen and oxygen atoms in total. The maximum absolute atomic E-state index is 13.6. The third-order valence-corrected chi connectivity index (χ3v) is 6.63. The monoisotopic (exact) mass is 544 g/mol. The van der Waals surface area contributed by atoms with Crippen LogP contribution < -0.4 is 19.9 Å². The summed E-state index contributed by atoms with van der Waals surface area (Å²) in [6.45, 7) is 2.49. The van der Waals surface area contributed by atoms with Gasteiger partial charge in [0, 0.05) is 24.7 Å². The number of hydrogen-bond acceptors (Lipinski definition) is 8. The Bertz CT molecular complexity index is 1370. The van der Waals surface area contributed by atoms with Crippen LogP contribution in [0.25, 0.3) is 11.4 Å². The number of fused-ring (bicyclic) bond motifs is 4. The number of aliphatic hydroxyl groups is 2. The number of aryl methyl sites for hydroxylation is 1. The second-order valence-electron chi connectivity index (χ2n) is 9.48. The summed E-state index contributed by atoms with van der Waals surface area (Å²) in [5, 5.41) is 21.3. The molecule has 2 aromatic heterocycles. The number of amides is 2. The van der Waals surface area contributed by atoms with Crippen LogP contribution in [-0.4, -0.2) is 69.6 Å². The van der Waals surface area contributed by atoms with E-state index in [1.165, 1.54) is 30.6 Å². The number of hydrogen-bond donors (Lipinski definition) is 3. The van der Waals surface area contributed by atoms with Gasteiger partial charge in [-0.05, 0) is 31.9 Å². The summed E-state index contributed by atoms with van der Waals surface area (Å²) < 4.78 is 45.5. The van der Waals surface area contributed by atoms with Crippen molar-refractivity contribution in [1.82, 2.24) is 15.0 Å². The van der Waals surface area contributed by atoms with Crippen molar-refractivity contribution in [1.29, 1.82) is 0 Å². The molecule has 0 saturated carbocycles. The quantitative estimate of drug-likeness (QED) is 0.430. The fraction of sp³-hybridized carbons (Fsp3) is 0.385. The first-order valence-corrected chi connectivity index (χ1v) is 12.4. The molecule has 0 radical (unpaired) electrons. The number of aliphatic hydroxyl groups excluding tert-OH is 2. The van der Waals surface area contributed by atoms with Crippen molar-refractivity contribution >= 4 is 23.2 Å². The summed E-state index contributed by atoms with van der Waals surface area (Å²) in [5.41, 5.74) is 0.950. The van der Waals surface area contributed by atoms with Gasteiger partial charge in [0.25, 0.3) is 0 Å². The molecule has 0 aliphatic carbocycles. The minimum absolute atomic E-state index is 0.0934. The van der Waals surface area contributed by atoms with Crippen LogP contribution in [0.4, 0.5) is 35.2 Å². The summed E-state index contributed by atoms with van der Waals surface area (Å²) in [6.07, 6.45) is -1.16. The number of urea groups is 1. The normalized spacial score (nSPS) is 17.4. The van der Waals surface area contributed by atoms with E-state index in [-0.39, 0.29) is 29.8 Å². The summed E-state index contributed by atoms with van der Waals surface area (Å²) in [7, 11) is 0. The molecule has 1 fully saturated rings. The topological polar surface area (TPSA) is 124 Å². The summed E-state index contributed by atoms with van der Waals surface area (Å²) in [4.78, 5) is 30.5. The molecule has 39 heavy (non-hydrogen) atoms. The zero-order valence-electron chi connectivity index (χ0n) is 21.0. The number of carbonyl (C=O) groups excluding carboxylic acids is 1. The largest absolute Gasteiger partial charge is 0.489 e. The van der Waals surface area contributed by atoms with E-state index in [2.05, 4.69) is 25.2 Å². The molecule has 1 saturated heterocycles. The number of nitrogens with one attached hydrogen (secondary N) is 1. The molecule has 13 heteroatoms. The number of nitrogens with zero attached hydrogens (tertiary/aromatic N) is 5. The van der Waals surface area contributed by atoms with E-state index in [1.54, 1.807) is 11.8 Å². The molecule has 3 N–H and O–H groups in total. The van der Waals surface area contributed by atoms with Crippen molar-refractivity contribution in [3.05, 3.63) is 54.0 Å². The fourth-order valence-electron chi connectivity index (χ4n) is 4.85. The maximum atomic E-state index is 13.6. The Morgan fingerprint density at radius 1 is 1.26 bits per heavy atom. The Labute approximate surface area is 222 Å². The van der Waals surface area contributed by atoms with Crippen LogP contribution in [0, 0.1) is 6.92 Å². The molecule has 206 valence electrons. The highest BCUT2D eigenvalue weighted by Crippen LogP contribution is 2.41. The van der Waals surface area contributed by atoms with Crippen molar-refractivity contribution in [2.45, 2.75) is 38.1 Å². The Balaban J connectivity index is 1.48. The molecule has 0 spiro atoms. The first-order chi connectivity index (χ1) is 18.6. The Kier molecular flexibility index (Phi) is 7.28. The van der Waals surface area contributed by atoms with Crippen molar-refractivity contribution in [3.8, 4) is 17.1 Å². The second-order valence-corrected chi connectivity index (χ2v) is 9.48. The SMILES string of the molecule is Cc1nc(-c2cccc(C(F)(F)F)c2)nc2c1N1CCC[C@@H](C1)N2C(=O)Nc1cncc(OC[C@@H](O)CO)c1. The zero-order valence-corrected chi connectivity index (χ0v) is 21.0. The van der Waals surface area contributed by atoms with Gasteiger partial charge in [-0.2, -0.15) is 13.2 Å². The maximum Gasteiger partial charge on any atom is 0.416 e. The molecular weight excluding hydrogens is 517 g/mol. The van der Waals surface area contributed by atoms with Crippen LogP contribution in [0.1, 0.15) is 24.1 Å². The van der Waals surface area contributed by atoms with Gasteiger partial charge in [-0.25, -0.2) is 14.8 Å². The van der Waals surface area contributed by atoms with Gasteiger partial charge in [-0.3, -0.25) is 9.88 Å². The number of ether oxygens (including phenoxy) is 1. The van der Waals surface area contributed by atoms with E-state index < -0.39 is 30.5 Å². The number of alkyl halides is 3. The molecule has 1 aromatic carbocycles. The van der Waals surface area contributed by atoms with Crippen molar-refractivity contribution in [3.63, 3.8) is 0 Å². The molecule has 4 heterocycles. The highest BCUT2D eigenvalue weighted by molar-refractivity contribution is 6.04. The third-order valence-electron chi connectivity index (χ3n) is 6.63. The zero-order chi connectivity index (χ0) is 27.7. The van der Waals surface area contributed by atoms with Gasteiger partial charge in [-0.1, -0.05) is 12.1 Å². The highest BCUT2D eigenvalue weighted by Gasteiger charge is 2.40. The molecule has 3 aromatic rings. The van der Waals surface area contributed by atoms with Gasteiger partial charge in [0.15, 0.2) is 11.6 Å². The molecular formula is C26H27F3N6O4. The van der Waals surface area contributed by atoms with E-state index >= 15 is 0 Å². The minimum Gasteiger partial charge on any atom is -0.489 e. The van der Waals surface area contributed by atoms with Crippen LogP contribution in [0.2, 0.25) is 0 Å². The Morgan fingerprint density at radius 3 is 2.85 bits per heavy atom. The smallest absolute Gasteiger partial charge is 0.416 e. The highest BCUT2D eigenvalue weighted by atomic mass is 19.4. The van der Waals surface area contributed by atoms with Gasteiger partial charge in [-0.15, -0.1) is 0 Å². The van der Waals surface area contributed by atoms with E-state index in [4.69, 9.17) is 9.84 Å². The average Bonchev–Trinajstić information content (AvgIpc) is 2.91. The molecule has 2 amide bonds. The van der Waals surface area contributed by atoms with Gasteiger partial charge < -0.3 is 25.2 Å². The lowest BCUT2D eigenvalue weighted by Gasteiger charge is -2.46. The van der Waals surface area contributed by atoms with Crippen LogP contribution in [0.5, 0.6) is 5.75 Å². The van der Waals surface area contributed by atoms with E-state index in [9.17, 15) is 23.1 Å². The predicted octanol–water partition coefficient (Wildman–Crippen LogP) is 3.62. The predicted molar refractivity (Wildman–Crippen MR) is 137 cm³/mol. The van der Waals surface area contributed by atoms with Gasteiger partial charge in [0.05, 0.1) is 42.0 Å². The molecule has 2 aliphatic rings. The van der Waals surface area contributed by atoms with E-state index in [1.807, 2.05) is 0 Å². The standard InChI is InChI=1S/C26H27F3N6O4/c1-15-22-24(33-23(31-15)16-4-2-5-17(8-16)26(27,28)29)35(19-6-3-7-34(22)12-19)25(38)32-18-9-21(11-30-10-18)39-14-20(37)13-36/h2,4-5,8-11,19-20,36-37H,3,6-7,12-14H2,1H3,(H,32,38)/t19-,20-/m0/s1. The molecule has 2 aliphatic heterocycles. The number of aromatic nitrogens is 3. The van der Waals surface area contributed by atoms with E-state index in [0.717, 1.165) is 31.5 Å². The van der Waals surface area contributed by atoms with E-state index in [0.29, 0.717) is 29.4 Å². The third kappa shape index (κ3) is 5.59. The van der Waals surface area contributed by atoms with Crippen molar-refractivity contribution < 1.29 is 32.9 Å². The van der Waals surface area contributed by atoms with Gasteiger partial charge >= 0.3 is 12.2 Å². The van der Waals surface area contributed by atoms with Crippen LogP contribution in [-0.2, 0) is 6.18 Å². The molecule has 5 rings (SSSR count). The summed E-state index contributed by atoms with van der Waals surface area (Å²) in [5.74, 6) is 0.707. The first kappa shape index (κ1) is 26.6. The van der Waals surface area contributed by atoms with Crippen LogP contribution >= 0.6 is 0 Å². The van der Waals surface area contributed by atoms with Gasteiger partial charge in [0.2, 0.25) is 0 Å². The number of anilines is 3. The fourth-order valence-corrected chi connectivity index (χ4v) is 4.85. The number of pyridine rings is 1. The van der Waals surface area contributed by atoms with Crippen LogP contribution in [0.3, 0.4) is 0 Å². The summed E-state index contributed by atoms with van der Waals surface area (Å²) >= 11 is 0. The lowest BCUT2D eigenvalue weighted by molar-refractivity contribution is -0.137. The number of benzene rings is 1. The number of halogens is 3. The van der Waals surface area contributed by atoms with Gasteiger partial charge in [0.1, 0.15) is 24.1 Å². The lowest BCUT2D eigenvalue weighted by atomic mass is 9.99. The first-order valence-electron chi connectivity index (χ1n) is 12.4. The second kappa shape index (κ2) is 10.7. The van der Waals surface area contributed by atoms with Crippen molar-refractivity contribution in [2.75, 3.05) is 41.4 Å². The average molecular weight is 545 g/mol. The molecule has 2 atom stereocenters. The number of rotatable bonds is 6. The van der Waals surface area contributed by atoms with Crippen molar-refractivity contribution in [2.24, 2.45) is 0 Å². The minimum atomic E-state index is -4.52. The molecule has 0 unspecified atom stereocenters. The Morgan fingerprint density at radius 2 is 2.08 bits per heavy atom. The lowest BCUT2D eigenvalue weighted by Crippen LogP contribution is -2.56. The van der Waals surface area contributed by atoms with Crippen LogP contribution in [0.15, 0.2) is 42.7 Å². The number of carbonyl (C=O) groups is 1. The Hall–Kier alpha value is -3.97.